The van der Waals surface area contributed by atoms with Crippen LogP contribution in [0.2, 0.25) is 0 Å². The second kappa shape index (κ2) is 6.08. The molecular formula is C14H16N8. The lowest BCUT2D eigenvalue weighted by molar-refractivity contribution is 1.19. The van der Waals surface area contributed by atoms with Crippen LogP contribution in [-0.4, -0.2) is 44.0 Å². The highest BCUT2D eigenvalue weighted by atomic mass is 15.0. The molecule has 0 aliphatic rings. The van der Waals surface area contributed by atoms with Gasteiger partial charge in [0.1, 0.15) is 35.6 Å². The summed E-state index contributed by atoms with van der Waals surface area (Å²) in [5.41, 5.74) is 1.73. The van der Waals surface area contributed by atoms with Crippen molar-refractivity contribution in [2.75, 3.05) is 24.7 Å². The minimum atomic E-state index is 0.858. The number of rotatable bonds is 2. The molecule has 0 aliphatic heterocycles. The van der Waals surface area contributed by atoms with Crippen molar-refractivity contribution >= 4 is 33.7 Å². The lowest BCUT2D eigenvalue weighted by Crippen LogP contribution is -1.92. The van der Waals surface area contributed by atoms with Crippen LogP contribution < -0.4 is 10.6 Å². The number of aromatic nitrogens is 6. The van der Waals surface area contributed by atoms with Crippen molar-refractivity contribution < 1.29 is 0 Å². The fourth-order valence-electron chi connectivity index (χ4n) is 2.14. The molecule has 0 radical (unpaired) electrons. The number of fused-ring (bicyclic) bond motifs is 2. The van der Waals surface area contributed by atoms with Crippen LogP contribution in [0.1, 0.15) is 0 Å². The molecule has 4 N–H and O–H groups in total. The quantitative estimate of drug-likeness (QED) is 0.450. The highest BCUT2D eigenvalue weighted by molar-refractivity contribution is 5.87. The van der Waals surface area contributed by atoms with Gasteiger partial charge in [0, 0.05) is 26.5 Å². The number of nitrogens with one attached hydrogen (secondary N) is 4. The maximum absolute atomic E-state index is 4.06. The molecule has 0 saturated carbocycles. The summed E-state index contributed by atoms with van der Waals surface area (Å²) in [4.78, 5) is 22.2. The van der Waals surface area contributed by atoms with E-state index in [1.54, 1.807) is 0 Å². The molecule has 0 bridgehead atoms. The van der Waals surface area contributed by atoms with Gasteiger partial charge in [-0.3, -0.25) is 0 Å². The van der Waals surface area contributed by atoms with Crippen molar-refractivity contribution in [3.05, 3.63) is 37.2 Å². The minimum absolute atomic E-state index is 0.858. The first kappa shape index (κ1) is 13.8. The fraction of sp³-hybridized carbons (Fsp3) is 0.143. The van der Waals surface area contributed by atoms with E-state index in [1.165, 1.54) is 12.7 Å². The molecule has 8 nitrogen and oxygen atoms in total. The van der Waals surface area contributed by atoms with Crippen LogP contribution in [0.4, 0.5) is 11.6 Å². The van der Waals surface area contributed by atoms with Gasteiger partial charge in [-0.2, -0.15) is 0 Å². The number of aromatic amines is 2. The maximum atomic E-state index is 4.06. The molecule has 0 unspecified atom stereocenters. The summed E-state index contributed by atoms with van der Waals surface area (Å²) in [7, 11) is 3.68. The molecule has 8 heteroatoms. The minimum Gasteiger partial charge on any atom is -0.372 e. The smallest absolute Gasteiger partial charge is 0.142 e. The standard InChI is InChI=1S/2C7H8N4/c2*1-8-6-5-2-3-9-7(5)11-4-10-6/h2*2-4H,1H3,(H2,8,9,10,11). The first-order valence-corrected chi connectivity index (χ1v) is 6.75. The Balaban J connectivity index is 0.000000131. The summed E-state index contributed by atoms with van der Waals surface area (Å²) in [6.07, 6.45) is 6.76. The third kappa shape index (κ3) is 2.53. The van der Waals surface area contributed by atoms with E-state index in [0.29, 0.717) is 0 Å². The van der Waals surface area contributed by atoms with Gasteiger partial charge in [0.05, 0.1) is 10.8 Å². The average molecular weight is 296 g/mol. The Morgan fingerprint density at radius 1 is 0.727 bits per heavy atom. The molecule has 0 aliphatic carbocycles. The molecule has 4 rings (SSSR count). The number of hydrogen-bond acceptors (Lipinski definition) is 6. The molecule has 0 fully saturated rings. The Labute approximate surface area is 126 Å². The molecule has 22 heavy (non-hydrogen) atoms. The van der Waals surface area contributed by atoms with Crippen LogP contribution in [0.15, 0.2) is 37.2 Å². The Hall–Kier alpha value is -3.16. The largest absolute Gasteiger partial charge is 0.372 e. The van der Waals surface area contributed by atoms with Gasteiger partial charge in [0.2, 0.25) is 0 Å². The Kier molecular flexibility index (Phi) is 3.82. The second-order valence-corrected chi connectivity index (χ2v) is 4.42. The van der Waals surface area contributed by atoms with Crippen LogP contribution in [0.5, 0.6) is 0 Å². The zero-order chi connectivity index (χ0) is 15.4. The summed E-state index contributed by atoms with van der Waals surface area (Å²) in [5.74, 6) is 1.72. The van der Waals surface area contributed by atoms with Crippen molar-refractivity contribution in [1.82, 2.24) is 29.9 Å². The Morgan fingerprint density at radius 3 is 1.59 bits per heavy atom. The predicted octanol–water partition coefficient (Wildman–Crippen LogP) is 2.00. The van der Waals surface area contributed by atoms with E-state index in [9.17, 15) is 0 Å². The van der Waals surface area contributed by atoms with Gasteiger partial charge in [-0.15, -0.1) is 0 Å². The fourth-order valence-corrected chi connectivity index (χ4v) is 2.14. The van der Waals surface area contributed by atoms with E-state index in [4.69, 9.17) is 0 Å². The van der Waals surface area contributed by atoms with Gasteiger partial charge in [-0.25, -0.2) is 19.9 Å². The van der Waals surface area contributed by atoms with E-state index in [-0.39, 0.29) is 0 Å². The Morgan fingerprint density at radius 2 is 1.18 bits per heavy atom. The number of H-pyrrole nitrogens is 2. The third-order valence-electron chi connectivity index (χ3n) is 3.18. The second-order valence-electron chi connectivity index (χ2n) is 4.42. The number of nitrogens with zero attached hydrogens (tertiary/aromatic N) is 4. The van der Waals surface area contributed by atoms with Gasteiger partial charge >= 0.3 is 0 Å². The van der Waals surface area contributed by atoms with Crippen LogP contribution >= 0.6 is 0 Å². The average Bonchev–Trinajstić information content (AvgIpc) is 3.23. The molecule has 4 aromatic rings. The van der Waals surface area contributed by atoms with Gasteiger partial charge in [0.25, 0.3) is 0 Å². The molecule has 0 atom stereocenters. The van der Waals surface area contributed by atoms with Crippen molar-refractivity contribution in [1.29, 1.82) is 0 Å². The van der Waals surface area contributed by atoms with Crippen LogP contribution in [0, 0.1) is 0 Å². The highest BCUT2D eigenvalue weighted by Crippen LogP contribution is 2.16. The van der Waals surface area contributed by atoms with E-state index < -0.39 is 0 Å². The first-order valence-electron chi connectivity index (χ1n) is 6.75. The van der Waals surface area contributed by atoms with Crippen molar-refractivity contribution in [3.8, 4) is 0 Å². The number of hydrogen-bond donors (Lipinski definition) is 4. The maximum Gasteiger partial charge on any atom is 0.142 e. The van der Waals surface area contributed by atoms with Gasteiger partial charge in [-0.05, 0) is 12.1 Å². The molecule has 0 aromatic carbocycles. The monoisotopic (exact) mass is 296 g/mol. The van der Waals surface area contributed by atoms with E-state index in [2.05, 4.69) is 40.5 Å². The Bertz CT molecular complexity index is 804. The van der Waals surface area contributed by atoms with E-state index >= 15 is 0 Å². The summed E-state index contributed by atoms with van der Waals surface area (Å²) in [5, 5.41) is 8.02. The summed E-state index contributed by atoms with van der Waals surface area (Å²) in [6.45, 7) is 0. The van der Waals surface area contributed by atoms with Crippen LogP contribution in [0.3, 0.4) is 0 Å². The molecule has 0 amide bonds. The molecule has 0 saturated heterocycles. The molecular weight excluding hydrogens is 280 g/mol. The number of anilines is 2. The topological polar surface area (TPSA) is 107 Å². The summed E-state index contributed by atoms with van der Waals surface area (Å²) < 4.78 is 0. The van der Waals surface area contributed by atoms with Gasteiger partial charge in [-0.1, -0.05) is 0 Å². The van der Waals surface area contributed by atoms with E-state index in [0.717, 1.165) is 33.7 Å². The zero-order valence-corrected chi connectivity index (χ0v) is 12.3. The first-order chi connectivity index (χ1) is 10.8. The predicted molar refractivity (Wildman–Crippen MR) is 86.9 cm³/mol. The van der Waals surface area contributed by atoms with Crippen molar-refractivity contribution in [2.45, 2.75) is 0 Å². The zero-order valence-electron chi connectivity index (χ0n) is 12.3. The molecule has 4 heterocycles. The molecule has 112 valence electrons. The molecule has 4 aromatic heterocycles. The van der Waals surface area contributed by atoms with E-state index in [1.807, 2.05) is 38.6 Å². The third-order valence-corrected chi connectivity index (χ3v) is 3.18. The highest BCUT2D eigenvalue weighted by Gasteiger charge is 2.00. The SMILES string of the molecule is CNc1ncnc2[nH]ccc12.CNc1ncnc2[nH]ccc12. The van der Waals surface area contributed by atoms with Gasteiger partial charge in [0.15, 0.2) is 0 Å². The molecule has 0 spiro atoms. The lowest BCUT2D eigenvalue weighted by Gasteiger charge is -1.97. The van der Waals surface area contributed by atoms with Gasteiger partial charge < -0.3 is 20.6 Å². The normalized spacial score (nSPS) is 10.3. The van der Waals surface area contributed by atoms with Crippen molar-refractivity contribution in [3.63, 3.8) is 0 Å². The lowest BCUT2D eigenvalue weighted by atomic mass is 10.4. The summed E-state index contributed by atoms with van der Waals surface area (Å²) >= 11 is 0. The summed E-state index contributed by atoms with van der Waals surface area (Å²) in [6, 6.07) is 3.89. The van der Waals surface area contributed by atoms with Crippen LogP contribution in [-0.2, 0) is 0 Å². The van der Waals surface area contributed by atoms with Crippen LogP contribution in [0.25, 0.3) is 22.1 Å². The van der Waals surface area contributed by atoms with Crippen molar-refractivity contribution in [2.24, 2.45) is 0 Å².